The van der Waals surface area contributed by atoms with Crippen molar-refractivity contribution in [3.63, 3.8) is 0 Å². The van der Waals surface area contributed by atoms with Crippen LogP contribution in [-0.2, 0) is 19.6 Å². The number of piperidine rings is 1. The summed E-state index contributed by atoms with van der Waals surface area (Å²) in [6.07, 6.45) is 1.87. The van der Waals surface area contributed by atoms with Crippen molar-refractivity contribution in [1.82, 2.24) is 9.62 Å². The SMILES string of the molecule is CC(C)COCCCNC(=O)C1CCN(S(=O)(=O)c2ccc3ccccc3c2)CC1. The molecule has 164 valence electrons. The van der Waals surface area contributed by atoms with Crippen molar-refractivity contribution in [2.75, 3.05) is 32.8 Å². The zero-order valence-electron chi connectivity index (χ0n) is 17.8. The summed E-state index contributed by atoms with van der Waals surface area (Å²) >= 11 is 0. The summed E-state index contributed by atoms with van der Waals surface area (Å²) in [6.45, 7) is 6.91. The number of nitrogens with one attached hydrogen (secondary N) is 1. The Morgan fingerprint density at radius 3 is 2.53 bits per heavy atom. The fourth-order valence-corrected chi connectivity index (χ4v) is 5.19. The largest absolute Gasteiger partial charge is 0.381 e. The lowest BCUT2D eigenvalue weighted by atomic mass is 9.97. The second kappa shape index (κ2) is 10.4. The first-order chi connectivity index (χ1) is 14.4. The van der Waals surface area contributed by atoms with E-state index in [2.05, 4.69) is 19.2 Å². The normalized spacial score (nSPS) is 16.2. The van der Waals surface area contributed by atoms with Gasteiger partial charge in [0.2, 0.25) is 15.9 Å². The molecule has 2 aromatic rings. The first kappa shape index (κ1) is 22.7. The molecule has 1 N–H and O–H groups in total. The van der Waals surface area contributed by atoms with Gasteiger partial charge in [-0.1, -0.05) is 44.2 Å². The number of nitrogens with zero attached hydrogens (tertiary/aromatic N) is 1. The Bertz CT molecular complexity index is 951. The Morgan fingerprint density at radius 1 is 1.13 bits per heavy atom. The quantitative estimate of drug-likeness (QED) is 0.616. The Hall–Kier alpha value is -1.96. The molecular weight excluding hydrogens is 400 g/mol. The van der Waals surface area contributed by atoms with Crippen molar-refractivity contribution in [3.05, 3.63) is 42.5 Å². The molecule has 0 atom stereocenters. The smallest absolute Gasteiger partial charge is 0.243 e. The van der Waals surface area contributed by atoms with Gasteiger partial charge in [0.25, 0.3) is 0 Å². The molecule has 0 aromatic heterocycles. The topological polar surface area (TPSA) is 75.7 Å². The van der Waals surface area contributed by atoms with Crippen LogP contribution in [0.3, 0.4) is 0 Å². The van der Waals surface area contributed by atoms with Crippen molar-refractivity contribution >= 4 is 26.7 Å². The predicted octanol–water partition coefficient (Wildman–Crippen LogP) is 3.42. The number of amides is 1. The number of carbonyl (C=O) groups is 1. The minimum absolute atomic E-state index is 0.0154. The van der Waals surface area contributed by atoms with E-state index in [1.165, 1.54) is 4.31 Å². The number of sulfonamides is 1. The Balaban J connectivity index is 1.48. The lowest BCUT2D eigenvalue weighted by Gasteiger charge is -2.30. The summed E-state index contributed by atoms with van der Waals surface area (Å²) in [5.74, 6) is 0.391. The van der Waals surface area contributed by atoms with E-state index in [0.717, 1.165) is 23.8 Å². The van der Waals surface area contributed by atoms with Crippen LogP contribution in [-0.4, -0.2) is 51.5 Å². The van der Waals surface area contributed by atoms with Gasteiger partial charge < -0.3 is 10.1 Å². The van der Waals surface area contributed by atoms with Crippen molar-refractivity contribution in [2.45, 2.75) is 38.0 Å². The molecule has 1 heterocycles. The average Bonchev–Trinajstić information content (AvgIpc) is 2.75. The summed E-state index contributed by atoms with van der Waals surface area (Å²) in [7, 11) is -3.55. The predicted molar refractivity (Wildman–Crippen MR) is 119 cm³/mol. The van der Waals surface area contributed by atoms with E-state index in [-0.39, 0.29) is 11.8 Å². The first-order valence-electron chi connectivity index (χ1n) is 10.7. The van der Waals surface area contributed by atoms with Gasteiger partial charge in [-0.25, -0.2) is 8.42 Å². The van der Waals surface area contributed by atoms with E-state index in [1.54, 1.807) is 12.1 Å². The Kier molecular flexibility index (Phi) is 7.86. The van der Waals surface area contributed by atoms with E-state index in [1.807, 2.05) is 30.3 Å². The molecule has 30 heavy (non-hydrogen) atoms. The molecule has 0 aliphatic carbocycles. The molecule has 1 aliphatic heterocycles. The van der Waals surface area contributed by atoms with Crippen LogP contribution in [0.2, 0.25) is 0 Å². The molecule has 0 saturated carbocycles. The van der Waals surface area contributed by atoms with Gasteiger partial charge in [-0.2, -0.15) is 4.31 Å². The fraction of sp³-hybridized carbons (Fsp3) is 0.522. The molecule has 0 unspecified atom stereocenters. The second-order valence-corrected chi connectivity index (χ2v) is 10.2. The molecule has 0 spiro atoms. The van der Waals surface area contributed by atoms with Crippen LogP contribution in [0, 0.1) is 11.8 Å². The van der Waals surface area contributed by atoms with Crippen LogP contribution >= 0.6 is 0 Å². The Morgan fingerprint density at radius 2 is 1.83 bits per heavy atom. The van der Waals surface area contributed by atoms with Gasteiger partial charge in [-0.15, -0.1) is 0 Å². The zero-order valence-corrected chi connectivity index (χ0v) is 18.7. The molecular formula is C23H32N2O4S. The summed E-state index contributed by atoms with van der Waals surface area (Å²) < 4.78 is 33.1. The number of fused-ring (bicyclic) bond motifs is 1. The third-order valence-electron chi connectivity index (χ3n) is 5.40. The van der Waals surface area contributed by atoms with Crippen LogP contribution in [0.25, 0.3) is 10.8 Å². The van der Waals surface area contributed by atoms with Gasteiger partial charge in [0, 0.05) is 38.8 Å². The summed E-state index contributed by atoms with van der Waals surface area (Å²) in [4.78, 5) is 12.7. The van der Waals surface area contributed by atoms with E-state index in [4.69, 9.17) is 4.74 Å². The van der Waals surface area contributed by atoms with Gasteiger partial charge in [-0.05, 0) is 48.1 Å². The summed E-state index contributed by atoms with van der Waals surface area (Å²) in [6, 6.07) is 12.9. The van der Waals surface area contributed by atoms with Crippen molar-refractivity contribution in [1.29, 1.82) is 0 Å². The number of benzene rings is 2. The maximum absolute atomic E-state index is 13.0. The third kappa shape index (κ3) is 5.80. The number of carbonyl (C=O) groups excluding carboxylic acids is 1. The highest BCUT2D eigenvalue weighted by Crippen LogP contribution is 2.26. The molecule has 1 fully saturated rings. The van der Waals surface area contributed by atoms with Crippen molar-refractivity contribution in [3.8, 4) is 0 Å². The van der Waals surface area contributed by atoms with Gasteiger partial charge in [0.1, 0.15) is 0 Å². The van der Waals surface area contributed by atoms with Crippen LogP contribution in [0.1, 0.15) is 33.1 Å². The zero-order chi connectivity index (χ0) is 21.6. The molecule has 0 radical (unpaired) electrons. The standard InChI is InChI=1S/C23H32N2O4S/c1-18(2)17-29-15-5-12-24-23(26)20-10-13-25(14-11-20)30(27,28)22-9-8-19-6-3-4-7-21(19)16-22/h3-4,6-9,16,18,20H,5,10-15,17H2,1-2H3,(H,24,26). The molecule has 0 bridgehead atoms. The van der Waals surface area contributed by atoms with E-state index < -0.39 is 10.0 Å². The maximum atomic E-state index is 13.0. The molecule has 1 aliphatic rings. The number of hydrogen-bond acceptors (Lipinski definition) is 4. The monoisotopic (exact) mass is 432 g/mol. The van der Waals surface area contributed by atoms with Crippen molar-refractivity contribution < 1.29 is 17.9 Å². The molecule has 2 aromatic carbocycles. The minimum atomic E-state index is -3.55. The number of ether oxygens (including phenoxy) is 1. The average molecular weight is 433 g/mol. The van der Waals surface area contributed by atoms with Crippen LogP contribution in [0.5, 0.6) is 0 Å². The van der Waals surface area contributed by atoms with Gasteiger partial charge in [0.15, 0.2) is 0 Å². The summed E-state index contributed by atoms with van der Waals surface area (Å²) in [5.41, 5.74) is 0. The highest BCUT2D eigenvalue weighted by atomic mass is 32.2. The van der Waals surface area contributed by atoms with Gasteiger partial charge in [-0.3, -0.25) is 4.79 Å². The van der Waals surface area contributed by atoms with Crippen LogP contribution in [0.4, 0.5) is 0 Å². The van der Waals surface area contributed by atoms with Crippen LogP contribution in [0.15, 0.2) is 47.4 Å². The van der Waals surface area contributed by atoms with E-state index >= 15 is 0 Å². The molecule has 1 saturated heterocycles. The maximum Gasteiger partial charge on any atom is 0.243 e. The molecule has 6 nitrogen and oxygen atoms in total. The van der Waals surface area contributed by atoms with Crippen molar-refractivity contribution in [2.24, 2.45) is 11.8 Å². The van der Waals surface area contributed by atoms with E-state index in [0.29, 0.717) is 49.9 Å². The van der Waals surface area contributed by atoms with Crippen LogP contribution < -0.4 is 5.32 Å². The molecule has 7 heteroatoms. The van der Waals surface area contributed by atoms with E-state index in [9.17, 15) is 13.2 Å². The first-order valence-corrected chi connectivity index (χ1v) is 12.2. The Labute approximate surface area is 179 Å². The molecule has 1 amide bonds. The molecule has 3 rings (SSSR count). The highest BCUT2D eigenvalue weighted by Gasteiger charge is 2.32. The summed E-state index contributed by atoms with van der Waals surface area (Å²) in [5, 5.41) is 4.88. The van der Waals surface area contributed by atoms with Gasteiger partial charge >= 0.3 is 0 Å². The highest BCUT2D eigenvalue weighted by molar-refractivity contribution is 7.89. The second-order valence-electron chi connectivity index (χ2n) is 8.30. The fourth-order valence-electron chi connectivity index (χ4n) is 3.68. The number of rotatable bonds is 9. The number of hydrogen-bond donors (Lipinski definition) is 1. The minimum Gasteiger partial charge on any atom is -0.381 e. The lowest BCUT2D eigenvalue weighted by Crippen LogP contribution is -2.43. The lowest BCUT2D eigenvalue weighted by molar-refractivity contribution is -0.126. The van der Waals surface area contributed by atoms with Gasteiger partial charge in [0.05, 0.1) is 4.90 Å². The third-order valence-corrected chi connectivity index (χ3v) is 7.29.